The molecule has 0 bridgehead atoms. The first-order valence-corrected chi connectivity index (χ1v) is 5.18. The van der Waals surface area contributed by atoms with E-state index in [1.807, 2.05) is 25.6 Å². The van der Waals surface area contributed by atoms with Gasteiger partial charge in [-0.25, -0.2) is 0 Å². The van der Waals surface area contributed by atoms with E-state index in [1.165, 1.54) is 12.1 Å². The largest absolute Gasteiger partial charge is 0.269 e. The van der Waals surface area contributed by atoms with Gasteiger partial charge in [0.05, 0.1) is 4.92 Å². The van der Waals surface area contributed by atoms with Crippen molar-refractivity contribution in [3.8, 4) is 5.69 Å². The predicted octanol–water partition coefficient (Wildman–Crippen LogP) is 1.22. The van der Waals surface area contributed by atoms with Gasteiger partial charge in [-0.2, -0.15) is 4.68 Å². The number of rotatable bonds is 2. The van der Waals surface area contributed by atoms with Crippen molar-refractivity contribution in [3.63, 3.8) is 0 Å². The Morgan fingerprint density at radius 2 is 1.88 bits per heavy atom. The molecular formula is C11H13N4O2+. The Hall–Kier alpha value is -2.24. The van der Waals surface area contributed by atoms with Gasteiger partial charge in [0.25, 0.3) is 5.69 Å². The highest BCUT2D eigenvalue weighted by Gasteiger charge is 2.18. The average molecular weight is 233 g/mol. The molecule has 0 N–H and O–H groups in total. The SMILES string of the molecule is Cc1nn(-c2ccc([N+](=O)[O-])cc2)[n+](C)c1C. The van der Waals surface area contributed by atoms with Crippen molar-refractivity contribution in [1.29, 1.82) is 0 Å². The maximum Gasteiger partial charge on any atom is 0.269 e. The smallest absolute Gasteiger partial charge is 0.258 e. The molecule has 6 heteroatoms. The quantitative estimate of drug-likeness (QED) is 0.445. The summed E-state index contributed by atoms with van der Waals surface area (Å²) < 4.78 is 1.90. The number of nitrogens with zero attached hydrogens (tertiary/aromatic N) is 4. The van der Waals surface area contributed by atoms with Crippen LogP contribution >= 0.6 is 0 Å². The summed E-state index contributed by atoms with van der Waals surface area (Å²) in [6, 6.07) is 6.32. The Balaban J connectivity index is 2.47. The zero-order valence-corrected chi connectivity index (χ0v) is 9.91. The van der Waals surface area contributed by atoms with E-state index >= 15 is 0 Å². The summed E-state index contributed by atoms with van der Waals surface area (Å²) in [7, 11) is 1.90. The van der Waals surface area contributed by atoms with Gasteiger partial charge in [0, 0.05) is 31.1 Å². The maximum atomic E-state index is 10.6. The van der Waals surface area contributed by atoms with E-state index in [2.05, 4.69) is 5.10 Å². The van der Waals surface area contributed by atoms with Crippen LogP contribution in [-0.2, 0) is 7.05 Å². The molecule has 0 unspecified atom stereocenters. The molecule has 0 aliphatic rings. The van der Waals surface area contributed by atoms with E-state index in [-0.39, 0.29) is 5.69 Å². The normalized spacial score (nSPS) is 10.5. The summed E-state index contributed by atoms with van der Waals surface area (Å²) in [6.07, 6.45) is 0. The van der Waals surface area contributed by atoms with Crippen LogP contribution in [0.1, 0.15) is 11.4 Å². The minimum Gasteiger partial charge on any atom is -0.258 e. The number of benzene rings is 1. The molecule has 0 saturated carbocycles. The second-order valence-corrected chi connectivity index (χ2v) is 3.86. The molecule has 0 radical (unpaired) electrons. The second-order valence-electron chi connectivity index (χ2n) is 3.86. The van der Waals surface area contributed by atoms with Crippen LogP contribution in [0.4, 0.5) is 5.69 Å². The highest BCUT2D eigenvalue weighted by Crippen LogP contribution is 2.13. The lowest BCUT2D eigenvalue weighted by atomic mass is 10.3. The summed E-state index contributed by atoms with van der Waals surface area (Å²) in [5, 5.41) is 14.9. The molecule has 2 aromatic rings. The Bertz CT molecular complexity index is 572. The van der Waals surface area contributed by atoms with Gasteiger partial charge in [-0.1, -0.05) is 0 Å². The van der Waals surface area contributed by atoms with Gasteiger partial charge in [-0.15, -0.1) is 0 Å². The zero-order chi connectivity index (χ0) is 12.6. The van der Waals surface area contributed by atoms with Crippen LogP contribution in [0, 0.1) is 24.0 Å². The zero-order valence-electron chi connectivity index (χ0n) is 9.91. The first-order chi connectivity index (χ1) is 8.00. The summed E-state index contributed by atoms with van der Waals surface area (Å²) in [6.45, 7) is 3.90. The lowest BCUT2D eigenvalue weighted by Gasteiger charge is -1.98. The summed E-state index contributed by atoms with van der Waals surface area (Å²) in [5.74, 6) is 0. The average Bonchev–Trinajstić information content (AvgIpc) is 2.57. The summed E-state index contributed by atoms with van der Waals surface area (Å²) >= 11 is 0. The van der Waals surface area contributed by atoms with Crippen molar-refractivity contribution in [2.45, 2.75) is 13.8 Å². The van der Waals surface area contributed by atoms with E-state index in [0.29, 0.717) is 0 Å². The van der Waals surface area contributed by atoms with Crippen molar-refractivity contribution in [2.75, 3.05) is 0 Å². The van der Waals surface area contributed by atoms with Crippen molar-refractivity contribution < 1.29 is 9.61 Å². The maximum absolute atomic E-state index is 10.6. The molecule has 0 fully saturated rings. The lowest BCUT2D eigenvalue weighted by Crippen LogP contribution is -2.40. The minimum atomic E-state index is -0.413. The van der Waals surface area contributed by atoms with E-state index in [1.54, 1.807) is 16.9 Å². The third kappa shape index (κ3) is 1.89. The molecule has 0 amide bonds. The Morgan fingerprint density at radius 3 is 2.29 bits per heavy atom. The van der Waals surface area contributed by atoms with Crippen LogP contribution < -0.4 is 4.68 Å². The van der Waals surface area contributed by atoms with Gasteiger partial charge in [0.1, 0.15) is 12.7 Å². The monoisotopic (exact) mass is 233 g/mol. The predicted molar refractivity (Wildman–Crippen MR) is 60.9 cm³/mol. The van der Waals surface area contributed by atoms with Crippen LogP contribution in [0.2, 0.25) is 0 Å². The molecule has 1 heterocycles. The Labute approximate surface area is 98.2 Å². The van der Waals surface area contributed by atoms with E-state index in [0.717, 1.165) is 17.1 Å². The van der Waals surface area contributed by atoms with E-state index in [9.17, 15) is 10.1 Å². The van der Waals surface area contributed by atoms with Gasteiger partial charge >= 0.3 is 0 Å². The van der Waals surface area contributed by atoms with Gasteiger partial charge in [-0.3, -0.25) is 10.1 Å². The van der Waals surface area contributed by atoms with Gasteiger partial charge in [0.2, 0.25) is 5.69 Å². The van der Waals surface area contributed by atoms with Crippen molar-refractivity contribution in [1.82, 2.24) is 9.90 Å². The summed E-state index contributed by atoms with van der Waals surface area (Å²) in [4.78, 5) is 11.9. The molecule has 88 valence electrons. The third-order valence-electron chi connectivity index (χ3n) is 2.83. The fourth-order valence-electron chi connectivity index (χ4n) is 1.60. The minimum absolute atomic E-state index is 0.0806. The first kappa shape index (κ1) is 11.3. The van der Waals surface area contributed by atoms with Gasteiger partial charge in [-0.05, 0) is 16.9 Å². The first-order valence-electron chi connectivity index (χ1n) is 5.18. The number of hydrogen-bond acceptors (Lipinski definition) is 3. The number of aromatic nitrogens is 3. The molecule has 0 aliphatic carbocycles. The Morgan fingerprint density at radius 1 is 1.29 bits per heavy atom. The fourth-order valence-corrected chi connectivity index (χ4v) is 1.60. The molecule has 6 nitrogen and oxygen atoms in total. The lowest BCUT2D eigenvalue weighted by molar-refractivity contribution is -0.753. The number of nitro groups is 1. The number of nitro benzene ring substituents is 1. The summed E-state index contributed by atoms with van der Waals surface area (Å²) in [5.41, 5.74) is 2.88. The van der Waals surface area contributed by atoms with Crippen molar-refractivity contribution in [2.24, 2.45) is 7.05 Å². The molecule has 1 aromatic heterocycles. The molecule has 2 rings (SSSR count). The fraction of sp³-hybridized carbons (Fsp3) is 0.273. The molecule has 0 aliphatic heterocycles. The topological polar surface area (TPSA) is 64.8 Å². The standard InChI is InChI=1S/C11H13N4O2/c1-8-9(2)13(3)14(12-8)10-4-6-11(7-5-10)15(16)17/h4-7H,1-3H3/q+1. The van der Waals surface area contributed by atoms with E-state index < -0.39 is 4.92 Å². The van der Waals surface area contributed by atoms with Crippen LogP contribution in [0.25, 0.3) is 5.69 Å². The van der Waals surface area contributed by atoms with Gasteiger partial charge in [0.15, 0.2) is 5.69 Å². The van der Waals surface area contributed by atoms with Crippen molar-refractivity contribution in [3.05, 3.63) is 45.8 Å². The van der Waals surface area contributed by atoms with E-state index in [4.69, 9.17) is 0 Å². The van der Waals surface area contributed by atoms with Crippen molar-refractivity contribution >= 4 is 5.69 Å². The second kappa shape index (κ2) is 3.97. The third-order valence-corrected chi connectivity index (χ3v) is 2.83. The highest BCUT2D eigenvalue weighted by atomic mass is 16.6. The number of hydrogen-bond donors (Lipinski definition) is 0. The van der Waals surface area contributed by atoms with Crippen LogP contribution in [0.5, 0.6) is 0 Å². The van der Waals surface area contributed by atoms with Crippen LogP contribution in [0.3, 0.4) is 0 Å². The molecular weight excluding hydrogens is 220 g/mol. The number of non-ortho nitro benzene ring substituents is 1. The number of aryl methyl sites for hydroxylation is 1. The molecule has 0 saturated heterocycles. The van der Waals surface area contributed by atoms with Crippen LogP contribution in [0.15, 0.2) is 24.3 Å². The molecule has 1 aromatic carbocycles. The van der Waals surface area contributed by atoms with Gasteiger partial charge < -0.3 is 0 Å². The molecule has 0 spiro atoms. The molecule has 17 heavy (non-hydrogen) atoms. The molecule has 0 atom stereocenters. The highest BCUT2D eigenvalue weighted by molar-refractivity contribution is 5.39. The Kier molecular flexibility index (Phi) is 2.63. The van der Waals surface area contributed by atoms with Crippen LogP contribution in [-0.4, -0.2) is 14.8 Å².